The SMILES string of the molecule is CC(C)n1c(C=O)nc2ccccc21. The first kappa shape index (κ1) is 8.94. The molecule has 0 radical (unpaired) electrons. The summed E-state index contributed by atoms with van der Waals surface area (Å²) in [7, 11) is 0. The normalized spacial score (nSPS) is 11.1. The van der Waals surface area contributed by atoms with Gasteiger partial charge in [0.2, 0.25) is 0 Å². The first-order valence-corrected chi connectivity index (χ1v) is 4.66. The van der Waals surface area contributed by atoms with Crippen molar-refractivity contribution < 1.29 is 4.79 Å². The first-order chi connectivity index (χ1) is 6.74. The molecule has 0 atom stereocenters. The lowest BCUT2D eigenvalue weighted by atomic mass is 10.3. The molecule has 0 unspecified atom stereocenters. The predicted molar refractivity (Wildman–Crippen MR) is 55.5 cm³/mol. The van der Waals surface area contributed by atoms with Gasteiger partial charge in [0.25, 0.3) is 0 Å². The molecule has 0 saturated heterocycles. The van der Waals surface area contributed by atoms with Crippen molar-refractivity contribution in [2.45, 2.75) is 19.9 Å². The number of fused-ring (bicyclic) bond motifs is 1. The summed E-state index contributed by atoms with van der Waals surface area (Å²) >= 11 is 0. The molecule has 3 nitrogen and oxygen atoms in total. The number of imidazole rings is 1. The number of rotatable bonds is 2. The van der Waals surface area contributed by atoms with E-state index in [2.05, 4.69) is 4.98 Å². The van der Waals surface area contributed by atoms with Crippen LogP contribution >= 0.6 is 0 Å². The minimum atomic E-state index is 0.252. The summed E-state index contributed by atoms with van der Waals surface area (Å²) in [5.74, 6) is 0.501. The van der Waals surface area contributed by atoms with E-state index in [0.717, 1.165) is 17.3 Å². The molecule has 1 aromatic heterocycles. The van der Waals surface area contributed by atoms with Crippen molar-refractivity contribution in [2.75, 3.05) is 0 Å². The van der Waals surface area contributed by atoms with E-state index < -0.39 is 0 Å². The van der Waals surface area contributed by atoms with Crippen LogP contribution in [0.1, 0.15) is 30.5 Å². The molecule has 3 heteroatoms. The molecule has 0 saturated carbocycles. The molecule has 0 amide bonds. The molecule has 0 spiro atoms. The zero-order valence-electron chi connectivity index (χ0n) is 8.27. The van der Waals surface area contributed by atoms with Gasteiger partial charge in [0.1, 0.15) is 0 Å². The van der Waals surface area contributed by atoms with Crippen LogP contribution in [0.2, 0.25) is 0 Å². The number of hydrogen-bond acceptors (Lipinski definition) is 2. The Morgan fingerprint density at radius 3 is 2.71 bits per heavy atom. The molecule has 14 heavy (non-hydrogen) atoms. The van der Waals surface area contributed by atoms with Crippen LogP contribution in [0.15, 0.2) is 24.3 Å². The lowest BCUT2D eigenvalue weighted by Crippen LogP contribution is -2.04. The van der Waals surface area contributed by atoms with Crippen molar-refractivity contribution in [3.63, 3.8) is 0 Å². The van der Waals surface area contributed by atoms with E-state index in [1.54, 1.807) is 0 Å². The summed E-state index contributed by atoms with van der Waals surface area (Å²) in [6, 6.07) is 8.03. The van der Waals surface area contributed by atoms with Gasteiger partial charge in [0.15, 0.2) is 12.1 Å². The number of nitrogens with zero attached hydrogens (tertiary/aromatic N) is 2. The van der Waals surface area contributed by atoms with Gasteiger partial charge in [-0.1, -0.05) is 12.1 Å². The molecule has 0 aliphatic carbocycles. The summed E-state index contributed by atoms with van der Waals surface area (Å²) in [6.07, 6.45) is 0.806. The highest BCUT2D eigenvalue weighted by atomic mass is 16.1. The minimum Gasteiger partial charge on any atom is -0.319 e. The number of benzene rings is 1. The number of carbonyl (C=O) groups is 1. The first-order valence-electron chi connectivity index (χ1n) is 4.66. The van der Waals surface area contributed by atoms with Gasteiger partial charge in [0.05, 0.1) is 11.0 Å². The summed E-state index contributed by atoms with van der Waals surface area (Å²) < 4.78 is 1.95. The quantitative estimate of drug-likeness (QED) is 0.678. The van der Waals surface area contributed by atoms with Gasteiger partial charge in [0, 0.05) is 6.04 Å². The van der Waals surface area contributed by atoms with Crippen LogP contribution in [-0.2, 0) is 0 Å². The molecule has 0 aliphatic heterocycles. The van der Waals surface area contributed by atoms with Crippen molar-refractivity contribution >= 4 is 17.3 Å². The Bertz CT molecular complexity index is 471. The van der Waals surface area contributed by atoms with Crippen LogP contribution in [-0.4, -0.2) is 15.8 Å². The Morgan fingerprint density at radius 2 is 2.07 bits per heavy atom. The second-order valence-electron chi connectivity index (χ2n) is 3.54. The van der Waals surface area contributed by atoms with E-state index in [-0.39, 0.29) is 6.04 Å². The Balaban J connectivity index is 2.80. The van der Waals surface area contributed by atoms with E-state index in [0.29, 0.717) is 5.82 Å². The zero-order valence-corrected chi connectivity index (χ0v) is 8.27. The van der Waals surface area contributed by atoms with E-state index in [1.807, 2.05) is 42.7 Å². The fourth-order valence-electron chi connectivity index (χ4n) is 1.69. The monoisotopic (exact) mass is 188 g/mol. The smallest absolute Gasteiger partial charge is 0.185 e. The second kappa shape index (κ2) is 3.25. The molecule has 0 aliphatic rings. The third-order valence-electron chi connectivity index (χ3n) is 2.24. The van der Waals surface area contributed by atoms with Gasteiger partial charge in [-0.25, -0.2) is 4.98 Å². The highest BCUT2D eigenvalue weighted by Crippen LogP contribution is 2.19. The van der Waals surface area contributed by atoms with Gasteiger partial charge >= 0.3 is 0 Å². The fraction of sp³-hybridized carbons (Fsp3) is 0.273. The van der Waals surface area contributed by atoms with Crippen LogP contribution in [0, 0.1) is 0 Å². The molecule has 0 fully saturated rings. The topological polar surface area (TPSA) is 34.9 Å². The third kappa shape index (κ3) is 1.21. The van der Waals surface area contributed by atoms with Crippen LogP contribution in [0.25, 0.3) is 11.0 Å². The van der Waals surface area contributed by atoms with E-state index in [1.165, 1.54) is 0 Å². The minimum absolute atomic E-state index is 0.252. The van der Waals surface area contributed by atoms with Gasteiger partial charge in [-0.05, 0) is 26.0 Å². The molecule has 2 rings (SSSR count). The van der Waals surface area contributed by atoms with E-state index in [4.69, 9.17) is 0 Å². The highest BCUT2D eigenvalue weighted by molar-refractivity contribution is 5.83. The average Bonchev–Trinajstić information content (AvgIpc) is 2.55. The van der Waals surface area contributed by atoms with Gasteiger partial charge in [-0.15, -0.1) is 0 Å². The van der Waals surface area contributed by atoms with Crippen molar-refractivity contribution in [1.82, 2.24) is 9.55 Å². The van der Waals surface area contributed by atoms with Crippen LogP contribution in [0.4, 0.5) is 0 Å². The maximum Gasteiger partial charge on any atom is 0.185 e. The Kier molecular flexibility index (Phi) is 2.08. The number of para-hydroxylation sites is 2. The predicted octanol–water partition coefficient (Wildman–Crippen LogP) is 2.43. The lowest BCUT2D eigenvalue weighted by molar-refractivity contribution is 0.111. The summed E-state index contributed by atoms with van der Waals surface area (Å²) in [4.78, 5) is 15.1. The van der Waals surface area contributed by atoms with Crippen LogP contribution in [0.5, 0.6) is 0 Å². The maximum absolute atomic E-state index is 10.8. The highest BCUT2D eigenvalue weighted by Gasteiger charge is 2.11. The molecule has 0 N–H and O–H groups in total. The third-order valence-corrected chi connectivity index (χ3v) is 2.24. The van der Waals surface area contributed by atoms with Crippen molar-refractivity contribution in [1.29, 1.82) is 0 Å². The van der Waals surface area contributed by atoms with Crippen molar-refractivity contribution in [3.8, 4) is 0 Å². The zero-order chi connectivity index (χ0) is 10.1. The van der Waals surface area contributed by atoms with E-state index >= 15 is 0 Å². The maximum atomic E-state index is 10.8. The van der Waals surface area contributed by atoms with Gasteiger partial charge in [-0.2, -0.15) is 0 Å². The standard InChI is InChI=1S/C11H12N2O/c1-8(2)13-10-6-4-3-5-9(10)12-11(13)7-14/h3-8H,1-2H3. The van der Waals surface area contributed by atoms with Crippen molar-refractivity contribution in [3.05, 3.63) is 30.1 Å². The second-order valence-corrected chi connectivity index (χ2v) is 3.54. The Hall–Kier alpha value is -1.64. The van der Waals surface area contributed by atoms with Crippen LogP contribution < -0.4 is 0 Å². The summed E-state index contributed by atoms with van der Waals surface area (Å²) in [6.45, 7) is 4.09. The number of aldehydes is 1. The fourth-order valence-corrected chi connectivity index (χ4v) is 1.69. The molecular weight excluding hydrogens is 176 g/mol. The largest absolute Gasteiger partial charge is 0.319 e. The summed E-state index contributed by atoms with van der Waals surface area (Å²) in [5, 5.41) is 0. The molecule has 0 bridgehead atoms. The van der Waals surface area contributed by atoms with E-state index in [9.17, 15) is 4.79 Å². The lowest BCUT2D eigenvalue weighted by Gasteiger charge is -2.09. The van der Waals surface area contributed by atoms with Crippen LogP contribution in [0.3, 0.4) is 0 Å². The number of hydrogen-bond donors (Lipinski definition) is 0. The number of aromatic nitrogens is 2. The molecule has 1 aromatic carbocycles. The molecule has 2 aromatic rings. The average molecular weight is 188 g/mol. The molecule has 72 valence electrons. The summed E-state index contributed by atoms with van der Waals surface area (Å²) in [5.41, 5.74) is 1.90. The Labute approximate surface area is 82.4 Å². The van der Waals surface area contributed by atoms with Gasteiger partial charge in [-0.3, -0.25) is 4.79 Å². The number of carbonyl (C=O) groups excluding carboxylic acids is 1. The molecule has 1 heterocycles. The molecular formula is C11H12N2O. The van der Waals surface area contributed by atoms with Gasteiger partial charge < -0.3 is 4.57 Å². The Morgan fingerprint density at radius 1 is 1.36 bits per heavy atom. The van der Waals surface area contributed by atoms with Crippen molar-refractivity contribution in [2.24, 2.45) is 0 Å².